The third kappa shape index (κ3) is 5.01. The van der Waals surface area contributed by atoms with Crippen molar-refractivity contribution in [1.82, 2.24) is 15.1 Å². The zero-order valence-electron chi connectivity index (χ0n) is 14.7. The lowest BCUT2D eigenvalue weighted by Gasteiger charge is -2.32. The summed E-state index contributed by atoms with van der Waals surface area (Å²) in [6.07, 6.45) is 0.359. The molecule has 3 rings (SSSR count). The van der Waals surface area contributed by atoms with E-state index in [1.807, 2.05) is 29.2 Å². The van der Waals surface area contributed by atoms with Crippen molar-refractivity contribution in [2.45, 2.75) is 12.5 Å². The minimum absolute atomic E-state index is 0.109. The summed E-state index contributed by atoms with van der Waals surface area (Å²) in [6.45, 7) is 5.08. The number of likely N-dealkylation sites (N-methyl/N-ethyl adjacent to an activating group) is 1. The second-order valence-corrected chi connectivity index (χ2v) is 6.63. The van der Waals surface area contributed by atoms with Crippen LogP contribution in [0.2, 0.25) is 0 Å². The average molecular weight is 346 g/mol. The van der Waals surface area contributed by atoms with E-state index in [4.69, 9.17) is 4.74 Å². The zero-order chi connectivity index (χ0) is 17.6. The first-order chi connectivity index (χ1) is 12.1. The Bertz CT molecular complexity index is 608. The van der Waals surface area contributed by atoms with Crippen LogP contribution in [-0.2, 0) is 20.7 Å². The number of hydrogen-bond donors (Lipinski definition) is 2. The topological polar surface area (TPSA) is 73.9 Å². The smallest absolute Gasteiger partial charge is 0.243 e. The molecule has 2 heterocycles. The molecule has 0 aliphatic carbocycles. The lowest BCUT2D eigenvalue weighted by Crippen LogP contribution is -2.48. The molecule has 136 valence electrons. The van der Waals surface area contributed by atoms with Crippen molar-refractivity contribution in [2.24, 2.45) is 0 Å². The summed E-state index contributed by atoms with van der Waals surface area (Å²) in [5.41, 5.74) is 1.62. The summed E-state index contributed by atoms with van der Waals surface area (Å²) in [5, 5.41) is 6.03. The number of nitrogens with zero attached hydrogens (tertiary/aromatic N) is 2. The van der Waals surface area contributed by atoms with Crippen molar-refractivity contribution in [3.63, 3.8) is 0 Å². The Hall–Kier alpha value is -1.96. The maximum absolute atomic E-state index is 12.4. The number of nitrogens with one attached hydrogen (secondary N) is 2. The van der Waals surface area contributed by atoms with E-state index in [-0.39, 0.29) is 17.9 Å². The first kappa shape index (κ1) is 17.8. The van der Waals surface area contributed by atoms with E-state index in [1.165, 1.54) is 0 Å². The molecule has 2 aliphatic heterocycles. The predicted molar refractivity (Wildman–Crippen MR) is 95.5 cm³/mol. The fraction of sp³-hybridized carbons (Fsp3) is 0.556. The van der Waals surface area contributed by atoms with Gasteiger partial charge in [0.15, 0.2) is 0 Å². The van der Waals surface area contributed by atoms with Crippen LogP contribution < -0.4 is 10.6 Å². The summed E-state index contributed by atoms with van der Waals surface area (Å²) in [7, 11) is 2.07. The van der Waals surface area contributed by atoms with E-state index in [0.29, 0.717) is 31.9 Å². The van der Waals surface area contributed by atoms with Gasteiger partial charge >= 0.3 is 0 Å². The summed E-state index contributed by atoms with van der Waals surface area (Å²) in [5.74, 6) is 0.0289. The molecular formula is C18H26N4O3. The van der Waals surface area contributed by atoms with Gasteiger partial charge in [0.1, 0.15) is 6.04 Å². The second-order valence-electron chi connectivity index (χ2n) is 6.63. The minimum atomic E-state index is -0.329. The van der Waals surface area contributed by atoms with Gasteiger partial charge in [0.05, 0.1) is 19.6 Å². The number of morpholine rings is 1. The van der Waals surface area contributed by atoms with E-state index in [1.54, 1.807) is 0 Å². The Morgan fingerprint density at radius 1 is 1.28 bits per heavy atom. The minimum Gasteiger partial charge on any atom is -0.378 e. The molecule has 1 unspecified atom stereocenters. The quantitative estimate of drug-likeness (QED) is 0.798. The number of amides is 2. The number of rotatable bonds is 4. The van der Waals surface area contributed by atoms with Gasteiger partial charge < -0.3 is 25.2 Å². The van der Waals surface area contributed by atoms with Crippen LogP contribution >= 0.6 is 0 Å². The highest BCUT2D eigenvalue weighted by atomic mass is 16.5. The SMILES string of the molecule is CN1CCN(C(=O)Cc2cccc(NC(=O)C3COCCN3)c2)CC1. The van der Waals surface area contributed by atoms with Crippen LogP contribution in [0.15, 0.2) is 24.3 Å². The highest BCUT2D eigenvalue weighted by molar-refractivity contribution is 5.95. The van der Waals surface area contributed by atoms with Crippen molar-refractivity contribution in [3.8, 4) is 0 Å². The van der Waals surface area contributed by atoms with Crippen molar-refractivity contribution in [1.29, 1.82) is 0 Å². The molecule has 0 bridgehead atoms. The van der Waals surface area contributed by atoms with E-state index in [2.05, 4.69) is 22.6 Å². The summed E-state index contributed by atoms with van der Waals surface area (Å²) in [4.78, 5) is 28.8. The molecule has 2 saturated heterocycles. The largest absolute Gasteiger partial charge is 0.378 e. The molecule has 1 aromatic carbocycles. The molecular weight excluding hydrogens is 320 g/mol. The monoisotopic (exact) mass is 346 g/mol. The molecule has 2 fully saturated rings. The molecule has 1 atom stereocenters. The molecule has 2 aliphatic rings. The zero-order valence-corrected chi connectivity index (χ0v) is 14.7. The Kier molecular flexibility index (Phi) is 6.01. The Labute approximate surface area is 148 Å². The van der Waals surface area contributed by atoms with Crippen LogP contribution in [0.3, 0.4) is 0 Å². The molecule has 25 heavy (non-hydrogen) atoms. The van der Waals surface area contributed by atoms with Gasteiger partial charge in [-0.25, -0.2) is 0 Å². The summed E-state index contributed by atoms with van der Waals surface area (Å²) in [6, 6.07) is 7.17. The average Bonchev–Trinajstić information content (AvgIpc) is 2.63. The number of piperazine rings is 1. The van der Waals surface area contributed by atoms with Crippen LogP contribution in [-0.4, -0.2) is 80.6 Å². The van der Waals surface area contributed by atoms with Gasteiger partial charge in [0, 0.05) is 38.4 Å². The fourth-order valence-electron chi connectivity index (χ4n) is 3.06. The Morgan fingerprint density at radius 3 is 2.80 bits per heavy atom. The molecule has 0 saturated carbocycles. The number of carbonyl (C=O) groups excluding carboxylic acids is 2. The van der Waals surface area contributed by atoms with Crippen molar-refractivity contribution < 1.29 is 14.3 Å². The van der Waals surface area contributed by atoms with Crippen molar-refractivity contribution in [3.05, 3.63) is 29.8 Å². The molecule has 1 aromatic rings. The fourth-order valence-corrected chi connectivity index (χ4v) is 3.06. The normalized spacial score (nSPS) is 21.8. The molecule has 7 heteroatoms. The molecule has 0 aromatic heterocycles. The van der Waals surface area contributed by atoms with Crippen molar-refractivity contribution >= 4 is 17.5 Å². The maximum Gasteiger partial charge on any atom is 0.243 e. The maximum atomic E-state index is 12.4. The number of benzene rings is 1. The second kappa shape index (κ2) is 8.42. The lowest BCUT2D eigenvalue weighted by molar-refractivity contribution is -0.132. The van der Waals surface area contributed by atoms with E-state index in [0.717, 1.165) is 31.7 Å². The van der Waals surface area contributed by atoms with Crippen LogP contribution in [0.5, 0.6) is 0 Å². The standard InChI is InChI=1S/C18H26N4O3/c1-21-6-8-22(9-7-21)17(23)12-14-3-2-4-15(11-14)20-18(24)16-13-25-10-5-19-16/h2-4,11,16,19H,5-10,12-13H2,1H3,(H,20,24). The molecule has 0 radical (unpaired) electrons. The lowest BCUT2D eigenvalue weighted by atomic mass is 10.1. The van der Waals surface area contributed by atoms with Gasteiger partial charge in [0.2, 0.25) is 11.8 Å². The van der Waals surface area contributed by atoms with E-state index in [9.17, 15) is 9.59 Å². The van der Waals surface area contributed by atoms with Gasteiger partial charge in [-0.3, -0.25) is 9.59 Å². The third-order valence-electron chi connectivity index (χ3n) is 4.64. The van der Waals surface area contributed by atoms with Crippen molar-refractivity contribution in [2.75, 3.05) is 58.3 Å². The van der Waals surface area contributed by atoms with Gasteiger partial charge in [0.25, 0.3) is 0 Å². The van der Waals surface area contributed by atoms with Gasteiger partial charge in [-0.15, -0.1) is 0 Å². The van der Waals surface area contributed by atoms with Gasteiger partial charge in [-0.2, -0.15) is 0 Å². The Balaban J connectivity index is 1.55. The summed E-state index contributed by atoms with van der Waals surface area (Å²) < 4.78 is 5.32. The Morgan fingerprint density at radius 2 is 2.08 bits per heavy atom. The van der Waals surface area contributed by atoms with E-state index >= 15 is 0 Å². The first-order valence-corrected chi connectivity index (χ1v) is 8.79. The molecule has 2 amide bonds. The highest BCUT2D eigenvalue weighted by Gasteiger charge is 2.22. The van der Waals surface area contributed by atoms with E-state index < -0.39 is 0 Å². The predicted octanol–water partition coefficient (Wildman–Crippen LogP) is -0.0700. The molecule has 7 nitrogen and oxygen atoms in total. The van der Waals surface area contributed by atoms with Crippen LogP contribution in [0.1, 0.15) is 5.56 Å². The van der Waals surface area contributed by atoms with Gasteiger partial charge in [-0.05, 0) is 24.7 Å². The van der Waals surface area contributed by atoms with Gasteiger partial charge in [-0.1, -0.05) is 12.1 Å². The van der Waals surface area contributed by atoms with Crippen LogP contribution in [0.4, 0.5) is 5.69 Å². The highest BCUT2D eigenvalue weighted by Crippen LogP contribution is 2.13. The third-order valence-corrected chi connectivity index (χ3v) is 4.64. The first-order valence-electron chi connectivity index (χ1n) is 8.79. The number of carbonyl (C=O) groups is 2. The van der Waals surface area contributed by atoms with Crippen LogP contribution in [0, 0.1) is 0 Å². The molecule has 2 N–H and O–H groups in total. The number of ether oxygens (including phenoxy) is 1. The number of hydrogen-bond acceptors (Lipinski definition) is 5. The number of anilines is 1. The summed E-state index contributed by atoms with van der Waals surface area (Å²) >= 11 is 0. The van der Waals surface area contributed by atoms with Crippen LogP contribution in [0.25, 0.3) is 0 Å². The molecule has 0 spiro atoms.